The SMILES string of the molecule is CC(C)(C)c1ccc(Cl)cc1-c1ccccc1Cl. The van der Waals surface area contributed by atoms with Gasteiger partial charge in [0, 0.05) is 15.6 Å². The second kappa shape index (κ2) is 4.95. The first-order valence-electron chi connectivity index (χ1n) is 5.94. The normalized spacial score (nSPS) is 11.6. The summed E-state index contributed by atoms with van der Waals surface area (Å²) >= 11 is 12.4. The molecular formula is C16H16Cl2. The smallest absolute Gasteiger partial charge is 0.0484 e. The third-order valence-corrected chi connectivity index (χ3v) is 3.52. The van der Waals surface area contributed by atoms with Crippen molar-refractivity contribution in [2.45, 2.75) is 26.2 Å². The van der Waals surface area contributed by atoms with Crippen LogP contribution in [0.5, 0.6) is 0 Å². The van der Waals surface area contributed by atoms with Gasteiger partial charge in [-0.15, -0.1) is 0 Å². The fourth-order valence-electron chi connectivity index (χ4n) is 2.07. The second-order valence-electron chi connectivity index (χ2n) is 5.42. The molecule has 0 fully saturated rings. The van der Waals surface area contributed by atoms with Gasteiger partial charge < -0.3 is 0 Å². The van der Waals surface area contributed by atoms with Gasteiger partial charge >= 0.3 is 0 Å². The molecule has 0 bridgehead atoms. The fraction of sp³-hybridized carbons (Fsp3) is 0.250. The van der Waals surface area contributed by atoms with Crippen LogP contribution < -0.4 is 0 Å². The van der Waals surface area contributed by atoms with Gasteiger partial charge in [-0.05, 0) is 34.7 Å². The fourth-order valence-corrected chi connectivity index (χ4v) is 2.48. The van der Waals surface area contributed by atoms with Crippen LogP contribution in [0.25, 0.3) is 11.1 Å². The minimum atomic E-state index is 0.0547. The Hall–Kier alpha value is -0.980. The molecule has 0 heterocycles. The number of benzene rings is 2. The van der Waals surface area contributed by atoms with Crippen LogP contribution in [0.2, 0.25) is 10.0 Å². The Kier molecular flexibility index (Phi) is 3.70. The standard InChI is InChI=1S/C16H16Cl2/c1-16(2,3)14-9-8-11(17)10-13(14)12-6-4-5-7-15(12)18/h4-10H,1-3H3. The van der Waals surface area contributed by atoms with E-state index in [-0.39, 0.29) is 5.41 Å². The molecule has 2 aromatic carbocycles. The summed E-state index contributed by atoms with van der Waals surface area (Å²) in [5.74, 6) is 0. The molecule has 0 N–H and O–H groups in total. The van der Waals surface area contributed by atoms with Crippen LogP contribution in [0.15, 0.2) is 42.5 Å². The van der Waals surface area contributed by atoms with Crippen molar-refractivity contribution in [1.82, 2.24) is 0 Å². The lowest BCUT2D eigenvalue weighted by Crippen LogP contribution is -2.12. The Morgan fingerprint density at radius 1 is 0.833 bits per heavy atom. The van der Waals surface area contributed by atoms with Crippen LogP contribution in [-0.2, 0) is 5.41 Å². The number of rotatable bonds is 1. The average molecular weight is 279 g/mol. The van der Waals surface area contributed by atoms with Gasteiger partial charge in [0.05, 0.1) is 0 Å². The highest BCUT2D eigenvalue weighted by Crippen LogP contribution is 2.37. The van der Waals surface area contributed by atoms with Crippen LogP contribution in [0.3, 0.4) is 0 Å². The van der Waals surface area contributed by atoms with E-state index in [1.807, 2.05) is 36.4 Å². The van der Waals surface area contributed by atoms with E-state index >= 15 is 0 Å². The predicted octanol–water partition coefficient (Wildman–Crippen LogP) is 5.96. The third kappa shape index (κ3) is 2.71. The Morgan fingerprint density at radius 3 is 2.11 bits per heavy atom. The Labute approximate surface area is 119 Å². The summed E-state index contributed by atoms with van der Waals surface area (Å²) < 4.78 is 0. The van der Waals surface area contributed by atoms with E-state index in [1.165, 1.54) is 5.56 Å². The van der Waals surface area contributed by atoms with Crippen molar-refractivity contribution in [3.63, 3.8) is 0 Å². The summed E-state index contributed by atoms with van der Waals surface area (Å²) in [6.45, 7) is 6.57. The van der Waals surface area contributed by atoms with Crippen molar-refractivity contribution in [1.29, 1.82) is 0 Å². The molecule has 0 saturated heterocycles. The minimum Gasteiger partial charge on any atom is -0.0843 e. The van der Waals surface area contributed by atoms with Crippen LogP contribution in [0.4, 0.5) is 0 Å². The topological polar surface area (TPSA) is 0 Å². The van der Waals surface area contributed by atoms with E-state index in [4.69, 9.17) is 23.2 Å². The van der Waals surface area contributed by atoms with Crippen molar-refractivity contribution in [2.24, 2.45) is 0 Å². The monoisotopic (exact) mass is 278 g/mol. The molecule has 0 spiro atoms. The largest absolute Gasteiger partial charge is 0.0843 e. The van der Waals surface area contributed by atoms with Gasteiger partial charge in [-0.25, -0.2) is 0 Å². The molecule has 0 radical (unpaired) electrons. The summed E-state index contributed by atoms with van der Waals surface area (Å²) in [5.41, 5.74) is 3.45. The molecule has 0 saturated carbocycles. The maximum atomic E-state index is 6.29. The van der Waals surface area contributed by atoms with Gasteiger partial charge in [0.25, 0.3) is 0 Å². The first-order chi connectivity index (χ1) is 8.39. The second-order valence-corrected chi connectivity index (χ2v) is 6.26. The van der Waals surface area contributed by atoms with Crippen molar-refractivity contribution in [2.75, 3.05) is 0 Å². The van der Waals surface area contributed by atoms with E-state index in [2.05, 4.69) is 26.8 Å². The predicted molar refractivity (Wildman–Crippen MR) is 80.6 cm³/mol. The molecule has 2 rings (SSSR count). The Morgan fingerprint density at radius 2 is 1.50 bits per heavy atom. The molecule has 0 nitrogen and oxygen atoms in total. The Bertz CT molecular complexity index is 566. The molecule has 0 amide bonds. The molecule has 0 aliphatic heterocycles. The molecule has 18 heavy (non-hydrogen) atoms. The lowest BCUT2D eigenvalue weighted by molar-refractivity contribution is 0.592. The highest BCUT2D eigenvalue weighted by molar-refractivity contribution is 6.34. The molecular weight excluding hydrogens is 263 g/mol. The van der Waals surface area contributed by atoms with Gasteiger partial charge in [-0.2, -0.15) is 0 Å². The summed E-state index contributed by atoms with van der Waals surface area (Å²) in [5, 5.41) is 1.49. The van der Waals surface area contributed by atoms with Gasteiger partial charge in [-0.3, -0.25) is 0 Å². The molecule has 0 unspecified atom stereocenters. The highest BCUT2D eigenvalue weighted by Gasteiger charge is 2.19. The zero-order valence-corrected chi connectivity index (χ0v) is 12.3. The zero-order chi connectivity index (χ0) is 13.3. The maximum Gasteiger partial charge on any atom is 0.0484 e. The van der Waals surface area contributed by atoms with Gasteiger partial charge in [-0.1, -0.05) is 68.2 Å². The number of hydrogen-bond donors (Lipinski definition) is 0. The molecule has 2 heteroatoms. The quantitative estimate of drug-likeness (QED) is 0.604. The van der Waals surface area contributed by atoms with Crippen LogP contribution in [0, 0.1) is 0 Å². The zero-order valence-electron chi connectivity index (χ0n) is 10.8. The van der Waals surface area contributed by atoms with Crippen LogP contribution in [0.1, 0.15) is 26.3 Å². The summed E-state index contributed by atoms with van der Waals surface area (Å²) in [6.07, 6.45) is 0. The van der Waals surface area contributed by atoms with Crippen molar-refractivity contribution in [3.05, 3.63) is 58.1 Å². The molecule has 0 atom stereocenters. The highest BCUT2D eigenvalue weighted by atomic mass is 35.5. The first kappa shape index (κ1) is 13.5. The van der Waals surface area contributed by atoms with E-state index in [1.54, 1.807) is 0 Å². The number of halogens is 2. The molecule has 2 aromatic rings. The van der Waals surface area contributed by atoms with Gasteiger partial charge in [0.1, 0.15) is 0 Å². The van der Waals surface area contributed by atoms with E-state index in [0.717, 1.165) is 21.2 Å². The minimum absolute atomic E-state index is 0.0547. The average Bonchev–Trinajstić information content (AvgIpc) is 2.27. The molecule has 0 aliphatic carbocycles. The molecule has 94 valence electrons. The first-order valence-corrected chi connectivity index (χ1v) is 6.70. The van der Waals surface area contributed by atoms with Crippen molar-refractivity contribution in [3.8, 4) is 11.1 Å². The van der Waals surface area contributed by atoms with Crippen LogP contribution >= 0.6 is 23.2 Å². The van der Waals surface area contributed by atoms with Gasteiger partial charge in [0.2, 0.25) is 0 Å². The van der Waals surface area contributed by atoms with E-state index in [0.29, 0.717) is 0 Å². The Balaban J connectivity index is 2.70. The number of hydrogen-bond acceptors (Lipinski definition) is 0. The molecule has 0 aromatic heterocycles. The van der Waals surface area contributed by atoms with Crippen LogP contribution in [-0.4, -0.2) is 0 Å². The van der Waals surface area contributed by atoms with Gasteiger partial charge in [0.15, 0.2) is 0 Å². The van der Waals surface area contributed by atoms with Crippen molar-refractivity contribution >= 4 is 23.2 Å². The lowest BCUT2D eigenvalue weighted by atomic mass is 9.82. The summed E-state index contributed by atoms with van der Waals surface area (Å²) in [6, 6.07) is 13.9. The van der Waals surface area contributed by atoms with Crippen molar-refractivity contribution < 1.29 is 0 Å². The lowest BCUT2D eigenvalue weighted by Gasteiger charge is -2.23. The van der Waals surface area contributed by atoms with E-state index in [9.17, 15) is 0 Å². The maximum absolute atomic E-state index is 6.29. The third-order valence-electron chi connectivity index (χ3n) is 2.95. The summed E-state index contributed by atoms with van der Waals surface area (Å²) in [4.78, 5) is 0. The van der Waals surface area contributed by atoms with E-state index < -0.39 is 0 Å². The summed E-state index contributed by atoms with van der Waals surface area (Å²) in [7, 11) is 0. The molecule has 0 aliphatic rings.